The van der Waals surface area contributed by atoms with Crippen molar-refractivity contribution in [2.24, 2.45) is 7.05 Å². The molecule has 3 aromatic rings. The Hall–Kier alpha value is -3.17. The normalized spacial score (nSPS) is 15.6. The van der Waals surface area contributed by atoms with Gasteiger partial charge in [-0.1, -0.05) is 0 Å². The van der Waals surface area contributed by atoms with Crippen LogP contribution >= 0.6 is 0 Å². The molecule has 1 aliphatic rings. The lowest BCUT2D eigenvalue weighted by molar-refractivity contribution is -0.166. The molecule has 0 bridgehead atoms. The summed E-state index contributed by atoms with van der Waals surface area (Å²) in [4.78, 5) is 30.0. The quantitative estimate of drug-likeness (QED) is 0.626. The molecule has 1 fully saturated rings. The number of carbonyl (C=O) groups is 1. The van der Waals surface area contributed by atoms with Crippen LogP contribution in [0.2, 0.25) is 0 Å². The SMILES string of the molecule is Cc1c(F)ccc(-c2cnc3c(c2)n(CC(=O)N2CC(F)(F)C2)c(=O)n3C)c1F. The van der Waals surface area contributed by atoms with Gasteiger partial charge in [-0.2, -0.15) is 0 Å². The van der Waals surface area contributed by atoms with Crippen LogP contribution in [0.1, 0.15) is 5.56 Å². The Bertz CT molecular complexity index is 1210. The van der Waals surface area contributed by atoms with Gasteiger partial charge in [-0.25, -0.2) is 27.3 Å². The van der Waals surface area contributed by atoms with Gasteiger partial charge in [0.1, 0.15) is 18.2 Å². The third-order valence-electron chi connectivity index (χ3n) is 5.10. The Balaban J connectivity index is 1.77. The summed E-state index contributed by atoms with van der Waals surface area (Å²) in [6.45, 7) is -0.508. The van der Waals surface area contributed by atoms with Gasteiger partial charge in [0.25, 0.3) is 5.92 Å². The van der Waals surface area contributed by atoms with Crippen LogP contribution < -0.4 is 5.69 Å². The number of benzene rings is 1. The lowest BCUT2D eigenvalue weighted by atomic mass is 10.0. The fourth-order valence-corrected chi connectivity index (χ4v) is 3.39. The van der Waals surface area contributed by atoms with E-state index in [2.05, 4.69) is 4.98 Å². The van der Waals surface area contributed by atoms with Crippen molar-refractivity contribution in [1.29, 1.82) is 0 Å². The second-order valence-corrected chi connectivity index (χ2v) is 7.13. The van der Waals surface area contributed by atoms with E-state index >= 15 is 0 Å². The maximum absolute atomic E-state index is 14.5. The summed E-state index contributed by atoms with van der Waals surface area (Å²) < 4.78 is 56.4. The van der Waals surface area contributed by atoms with Crippen LogP contribution in [0.4, 0.5) is 17.6 Å². The zero-order valence-corrected chi connectivity index (χ0v) is 15.5. The number of rotatable bonds is 3. The third kappa shape index (κ3) is 3.08. The standard InChI is InChI=1S/C19H16F4N4O2/c1-10-13(20)4-3-12(16(10)21)11-5-14-17(24-6-11)25(2)18(29)27(14)7-15(28)26-8-19(22,23)9-26/h3-6H,7-9H2,1-2H3. The molecule has 4 rings (SSSR count). The highest BCUT2D eigenvalue weighted by atomic mass is 19.3. The Morgan fingerprint density at radius 1 is 1.24 bits per heavy atom. The predicted octanol–water partition coefficient (Wildman–Crippen LogP) is 2.47. The van der Waals surface area contributed by atoms with Crippen molar-refractivity contribution in [1.82, 2.24) is 19.0 Å². The number of halogens is 4. The first-order chi connectivity index (χ1) is 13.6. The van der Waals surface area contributed by atoms with Crippen molar-refractivity contribution >= 4 is 17.1 Å². The van der Waals surface area contributed by atoms with E-state index in [1.807, 2.05) is 0 Å². The summed E-state index contributed by atoms with van der Waals surface area (Å²) in [5.74, 6) is -4.98. The molecule has 2 aromatic heterocycles. The molecule has 10 heteroatoms. The zero-order valence-electron chi connectivity index (χ0n) is 15.5. The van der Waals surface area contributed by atoms with Gasteiger partial charge in [0, 0.05) is 29.9 Å². The Morgan fingerprint density at radius 2 is 1.93 bits per heavy atom. The number of amides is 1. The molecule has 0 saturated carbocycles. The molecule has 0 N–H and O–H groups in total. The monoisotopic (exact) mass is 408 g/mol. The first kappa shape index (κ1) is 19.2. The van der Waals surface area contributed by atoms with E-state index in [4.69, 9.17) is 0 Å². The molecule has 152 valence electrons. The number of aryl methyl sites for hydroxylation is 1. The van der Waals surface area contributed by atoms with Crippen LogP contribution in [0.3, 0.4) is 0 Å². The van der Waals surface area contributed by atoms with Gasteiger partial charge in [-0.15, -0.1) is 0 Å². The molecule has 0 atom stereocenters. The fourth-order valence-electron chi connectivity index (χ4n) is 3.39. The Labute approximate surface area is 162 Å². The van der Waals surface area contributed by atoms with Crippen LogP contribution in [0.5, 0.6) is 0 Å². The number of hydrogen-bond acceptors (Lipinski definition) is 3. The maximum Gasteiger partial charge on any atom is 0.330 e. The van der Waals surface area contributed by atoms with Gasteiger partial charge in [-0.05, 0) is 25.1 Å². The van der Waals surface area contributed by atoms with E-state index in [1.165, 1.54) is 36.9 Å². The highest BCUT2D eigenvalue weighted by Gasteiger charge is 2.46. The predicted molar refractivity (Wildman–Crippen MR) is 96.6 cm³/mol. The molecule has 1 amide bonds. The fraction of sp³-hybridized carbons (Fsp3) is 0.316. The number of fused-ring (bicyclic) bond motifs is 1. The van der Waals surface area contributed by atoms with E-state index in [9.17, 15) is 27.2 Å². The lowest BCUT2D eigenvalue weighted by Crippen LogP contribution is -2.59. The topological polar surface area (TPSA) is 60.1 Å². The molecular formula is C19H16F4N4O2. The molecule has 0 radical (unpaired) electrons. The maximum atomic E-state index is 14.5. The molecule has 29 heavy (non-hydrogen) atoms. The van der Waals surface area contributed by atoms with E-state index < -0.39 is 48.8 Å². The summed E-state index contributed by atoms with van der Waals surface area (Å²) in [6.07, 6.45) is 1.35. The van der Waals surface area contributed by atoms with Crippen LogP contribution in [0, 0.1) is 18.6 Å². The average Bonchev–Trinajstić information content (AvgIpc) is 2.88. The van der Waals surface area contributed by atoms with Gasteiger partial charge in [0.15, 0.2) is 5.65 Å². The molecule has 3 heterocycles. The average molecular weight is 408 g/mol. The van der Waals surface area contributed by atoms with Crippen molar-refractivity contribution in [3.63, 3.8) is 0 Å². The van der Waals surface area contributed by atoms with E-state index in [0.717, 1.165) is 15.5 Å². The van der Waals surface area contributed by atoms with Crippen LogP contribution in [0.15, 0.2) is 29.2 Å². The van der Waals surface area contributed by atoms with E-state index in [-0.39, 0.29) is 22.3 Å². The zero-order chi connectivity index (χ0) is 21.1. The van der Waals surface area contributed by atoms with Crippen molar-refractivity contribution < 1.29 is 22.4 Å². The van der Waals surface area contributed by atoms with Crippen LogP contribution in [-0.2, 0) is 18.4 Å². The van der Waals surface area contributed by atoms with Crippen molar-refractivity contribution in [3.8, 4) is 11.1 Å². The first-order valence-electron chi connectivity index (χ1n) is 8.75. The van der Waals surface area contributed by atoms with Gasteiger partial charge in [0.2, 0.25) is 5.91 Å². The highest BCUT2D eigenvalue weighted by Crippen LogP contribution is 2.29. The van der Waals surface area contributed by atoms with Gasteiger partial charge in [0.05, 0.1) is 18.6 Å². The number of imidazole rings is 1. The molecule has 0 unspecified atom stereocenters. The number of pyridine rings is 1. The van der Waals surface area contributed by atoms with Crippen LogP contribution in [-0.4, -0.2) is 43.9 Å². The summed E-state index contributed by atoms with van der Waals surface area (Å²) in [6, 6.07) is 3.86. The minimum Gasteiger partial charge on any atom is -0.329 e. The Morgan fingerprint density at radius 3 is 2.59 bits per heavy atom. The number of hydrogen-bond donors (Lipinski definition) is 0. The minimum atomic E-state index is -2.91. The largest absolute Gasteiger partial charge is 0.330 e. The second kappa shape index (κ2) is 6.43. The molecule has 1 aliphatic heterocycles. The summed E-state index contributed by atoms with van der Waals surface area (Å²) >= 11 is 0. The second-order valence-electron chi connectivity index (χ2n) is 7.13. The Kier molecular flexibility index (Phi) is 4.25. The highest BCUT2D eigenvalue weighted by molar-refractivity contribution is 5.82. The smallest absolute Gasteiger partial charge is 0.329 e. The van der Waals surface area contributed by atoms with Gasteiger partial charge < -0.3 is 4.90 Å². The van der Waals surface area contributed by atoms with Crippen LogP contribution in [0.25, 0.3) is 22.3 Å². The number of alkyl halides is 2. The molecule has 0 aliphatic carbocycles. The summed E-state index contributed by atoms with van der Waals surface area (Å²) in [5.41, 5.74) is 0.176. The number of aromatic nitrogens is 3. The summed E-state index contributed by atoms with van der Waals surface area (Å²) in [7, 11) is 1.46. The summed E-state index contributed by atoms with van der Waals surface area (Å²) in [5, 5.41) is 0. The van der Waals surface area contributed by atoms with E-state index in [1.54, 1.807) is 0 Å². The van der Waals surface area contributed by atoms with Crippen molar-refractivity contribution in [2.45, 2.75) is 19.4 Å². The molecule has 1 saturated heterocycles. The molecule has 0 spiro atoms. The van der Waals surface area contributed by atoms with Gasteiger partial charge in [-0.3, -0.25) is 13.9 Å². The lowest BCUT2D eigenvalue weighted by Gasteiger charge is -2.38. The molecule has 1 aromatic carbocycles. The van der Waals surface area contributed by atoms with E-state index in [0.29, 0.717) is 5.56 Å². The number of likely N-dealkylation sites (tertiary alicyclic amines) is 1. The number of nitrogens with zero attached hydrogens (tertiary/aromatic N) is 4. The third-order valence-corrected chi connectivity index (χ3v) is 5.10. The molecule has 6 nitrogen and oxygen atoms in total. The number of carbonyl (C=O) groups excluding carboxylic acids is 1. The van der Waals surface area contributed by atoms with Crippen molar-refractivity contribution in [3.05, 3.63) is 52.1 Å². The minimum absolute atomic E-state index is 0.0925. The molecular weight excluding hydrogens is 392 g/mol. The first-order valence-corrected chi connectivity index (χ1v) is 8.75. The van der Waals surface area contributed by atoms with Gasteiger partial charge >= 0.3 is 5.69 Å². The van der Waals surface area contributed by atoms with Crippen molar-refractivity contribution in [2.75, 3.05) is 13.1 Å².